The fourth-order valence-electron chi connectivity index (χ4n) is 1.88. The summed E-state index contributed by atoms with van der Waals surface area (Å²) in [5.74, 6) is 1.28. The van der Waals surface area contributed by atoms with Gasteiger partial charge in [0, 0.05) is 5.88 Å². The Balaban J connectivity index is 2.16. The van der Waals surface area contributed by atoms with Gasteiger partial charge in [-0.2, -0.15) is 0 Å². The van der Waals surface area contributed by atoms with Crippen LogP contribution in [0.2, 0.25) is 0 Å². The number of ether oxygens (including phenoxy) is 1. The molecule has 0 radical (unpaired) electrons. The van der Waals surface area contributed by atoms with Crippen molar-refractivity contribution in [2.75, 3.05) is 0 Å². The van der Waals surface area contributed by atoms with Gasteiger partial charge < -0.3 is 4.74 Å². The van der Waals surface area contributed by atoms with Crippen LogP contribution in [-0.2, 0) is 12.5 Å². The molecule has 0 amide bonds. The van der Waals surface area contributed by atoms with E-state index in [2.05, 4.69) is 63.9 Å². The van der Waals surface area contributed by atoms with Crippen LogP contribution in [0, 0.1) is 13.8 Å². The lowest BCUT2D eigenvalue weighted by Gasteiger charge is -2.12. The van der Waals surface area contributed by atoms with Gasteiger partial charge in [-0.1, -0.05) is 18.2 Å². The van der Waals surface area contributed by atoms with Gasteiger partial charge in [-0.25, -0.2) is 0 Å². The number of alkyl halides is 1. The predicted molar refractivity (Wildman–Crippen MR) is 91.6 cm³/mol. The SMILES string of the molecule is Cc1ccc(COc2c(Br)cc(CCl)cc2Br)cc1C. The van der Waals surface area contributed by atoms with Crippen LogP contribution in [-0.4, -0.2) is 0 Å². The molecule has 0 saturated heterocycles. The van der Waals surface area contributed by atoms with Crippen molar-refractivity contribution in [3.63, 3.8) is 0 Å². The van der Waals surface area contributed by atoms with Gasteiger partial charge in [0.05, 0.1) is 8.95 Å². The van der Waals surface area contributed by atoms with E-state index in [0.29, 0.717) is 12.5 Å². The fraction of sp³-hybridized carbons (Fsp3) is 0.250. The summed E-state index contributed by atoms with van der Waals surface area (Å²) in [5, 5.41) is 0. The molecular formula is C16H15Br2ClO. The van der Waals surface area contributed by atoms with Crippen molar-refractivity contribution in [3.8, 4) is 5.75 Å². The van der Waals surface area contributed by atoms with Crippen molar-refractivity contribution in [2.45, 2.75) is 26.3 Å². The Morgan fingerprint density at radius 2 is 1.60 bits per heavy atom. The minimum atomic E-state index is 0.481. The standard InChI is InChI=1S/C16H15Br2ClO/c1-10-3-4-12(5-11(10)2)9-20-16-14(17)6-13(8-19)7-15(16)18/h3-7H,8-9H2,1-2H3. The van der Waals surface area contributed by atoms with Crippen LogP contribution in [0.15, 0.2) is 39.3 Å². The molecule has 2 aromatic rings. The van der Waals surface area contributed by atoms with E-state index in [9.17, 15) is 0 Å². The van der Waals surface area contributed by atoms with Gasteiger partial charge in [-0.05, 0) is 80.1 Å². The van der Waals surface area contributed by atoms with Gasteiger partial charge in [0.2, 0.25) is 0 Å². The maximum absolute atomic E-state index is 5.91. The molecule has 0 bridgehead atoms. The summed E-state index contributed by atoms with van der Waals surface area (Å²) in [6.07, 6.45) is 0. The molecule has 0 aliphatic heterocycles. The lowest BCUT2D eigenvalue weighted by atomic mass is 10.1. The van der Waals surface area contributed by atoms with Crippen molar-refractivity contribution >= 4 is 43.5 Å². The van der Waals surface area contributed by atoms with Crippen LogP contribution in [0.5, 0.6) is 5.75 Å². The van der Waals surface area contributed by atoms with E-state index in [0.717, 1.165) is 25.8 Å². The lowest BCUT2D eigenvalue weighted by Crippen LogP contribution is -1.98. The molecule has 1 nitrogen and oxygen atoms in total. The molecule has 0 saturated carbocycles. The number of aryl methyl sites for hydroxylation is 2. The molecule has 0 atom stereocenters. The van der Waals surface area contributed by atoms with Crippen molar-refractivity contribution in [3.05, 3.63) is 61.5 Å². The average Bonchev–Trinajstić information content (AvgIpc) is 2.41. The summed E-state index contributed by atoms with van der Waals surface area (Å²) in [7, 11) is 0. The van der Waals surface area contributed by atoms with E-state index in [1.165, 1.54) is 11.1 Å². The third-order valence-corrected chi connectivity index (χ3v) is 4.65. The summed E-state index contributed by atoms with van der Waals surface area (Å²) in [6, 6.07) is 10.3. The third-order valence-electron chi connectivity index (χ3n) is 3.17. The van der Waals surface area contributed by atoms with Gasteiger partial charge in [0.25, 0.3) is 0 Å². The zero-order valence-electron chi connectivity index (χ0n) is 11.3. The summed E-state index contributed by atoms with van der Waals surface area (Å²) in [4.78, 5) is 0. The number of hydrogen-bond donors (Lipinski definition) is 0. The Hall–Kier alpha value is -0.510. The highest BCUT2D eigenvalue weighted by Gasteiger charge is 2.09. The van der Waals surface area contributed by atoms with Crippen LogP contribution in [0.25, 0.3) is 0 Å². The number of benzene rings is 2. The van der Waals surface area contributed by atoms with E-state index >= 15 is 0 Å². The number of halogens is 3. The Bertz CT molecular complexity index is 603. The van der Waals surface area contributed by atoms with Crippen LogP contribution >= 0.6 is 43.5 Å². The molecule has 0 aromatic heterocycles. The monoisotopic (exact) mass is 416 g/mol. The van der Waals surface area contributed by atoms with Crippen LogP contribution in [0.1, 0.15) is 22.3 Å². The fourth-order valence-corrected chi connectivity index (χ4v) is 3.54. The highest BCUT2D eigenvalue weighted by atomic mass is 79.9. The summed E-state index contributed by atoms with van der Waals surface area (Å²) in [6.45, 7) is 4.76. The summed E-state index contributed by atoms with van der Waals surface area (Å²) in [5.41, 5.74) is 4.78. The molecule has 106 valence electrons. The molecule has 0 aliphatic carbocycles. The highest BCUT2D eigenvalue weighted by Crippen LogP contribution is 2.35. The molecule has 2 aromatic carbocycles. The van der Waals surface area contributed by atoms with E-state index in [1.54, 1.807) is 0 Å². The van der Waals surface area contributed by atoms with Gasteiger partial charge in [-0.3, -0.25) is 0 Å². The summed E-state index contributed by atoms with van der Waals surface area (Å²) >= 11 is 12.9. The minimum absolute atomic E-state index is 0.481. The van der Waals surface area contributed by atoms with Crippen molar-refractivity contribution in [2.24, 2.45) is 0 Å². The Labute approximate surface area is 141 Å². The second-order valence-corrected chi connectivity index (χ2v) is 6.71. The normalized spacial score (nSPS) is 10.7. The second-order valence-electron chi connectivity index (χ2n) is 4.73. The minimum Gasteiger partial charge on any atom is -0.487 e. The first-order valence-corrected chi connectivity index (χ1v) is 8.36. The maximum atomic E-state index is 5.91. The first-order valence-electron chi connectivity index (χ1n) is 6.24. The Kier molecular flexibility index (Phi) is 5.53. The van der Waals surface area contributed by atoms with Gasteiger partial charge in [-0.15, -0.1) is 11.6 Å². The number of rotatable bonds is 4. The second kappa shape index (κ2) is 6.97. The highest BCUT2D eigenvalue weighted by molar-refractivity contribution is 9.11. The Morgan fingerprint density at radius 3 is 2.15 bits per heavy atom. The first kappa shape index (κ1) is 15.9. The van der Waals surface area contributed by atoms with Crippen LogP contribution < -0.4 is 4.74 Å². The van der Waals surface area contributed by atoms with E-state index in [1.807, 2.05) is 12.1 Å². The van der Waals surface area contributed by atoms with Gasteiger partial charge >= 0.3 is 0 Å². The van der Waals surface area contributed by atoms with Crippen molar-refractivity contribution < 1.29 is 4.74 Å². The molecule has 0 N–H and O–H groups in total. The first-order chi connectivity index (χ1) is 9.51. The van der Waals surface area contributed by atoms with Crippen LogP contribution in [0.4, 0.5) is 0 Å². The molecule has 20 heavy (non-hydrogen) atoms. The van der Waals surface area contributed by atoms with Gasteiger partial charge in [0.15, 0.2) is 0 Å². The molecule has 2 rings (SSSR count). The molecule has 0 fully saturated rings. The zero-order valence-corrected chi connectivity index (χ0v) is 15.3. The quantitative estimate of drug-likeness (QED) is 0.542. The largest absolute Gasteiger partial charge is 0.487 e. The van der Waals surface area contributed by atoms with Crippen molar-refractivity contribution in [1.29, 1.82) is 0 Å². The lowest BCUT2D eigenvalue weighted by molar-refractivity contribution is 0.302. The molecule has 0 heterocycles. The molecule has 0 aliphatic rings. The maximum Gasteiger partial charge on any atom is 0.148 e. The smallest absolute Gasteiger partial charge is 0.148 e. The molecule has 4 heteroatoms. The topological polar surface area (TPSA) is 9.23 Å². The van der Waals surface area contributed by atoms with E-state index in [4.69, 9.17) is 16.3 Å². The predicted octanol–water partition coefficient (Wildman–Crippen LogP) is 6.15. The zero-order chi connectivity index (χ0) is 14.7. The molecule has 0 unspecified atom stereocenters. The van der Waals surface area contributed by atoms with Crippen molar-refractivity contribution in [1.82, 2.24) is 0 Å². The van der Waals surface area contributed by atoms with E-state index in [-0.39, 0.29) is 0 Å². The van der Waals surface area contributed by atoms with Gasteiger partial charge in [0.1, 0.15) is 12.4 Å². The number of hydrogen-bond acceptors (Lipinski definition) is 1. The Morgan fingerprint density at radius 1 is 0.950 bits per heavy atom. The molecular weight excluding hydrogens is 403 g/mol. The van der Waals surface area contributed by atoms with Crippen LogP contribution in [0.3, 0.4) is 0 Å². The third kappa shape index (κ3) is 3.78. The van der Waals surface area contributed by atoms with E-state index < -0.39 is 0 Å². The average molecular weight is 419 g/mol. The molecule has 0 spiro atoms. The summed E-state index contributed by atoms with van der Waals surface area (Å²) < 4.78 is 7.73.